The van der Waals surface area contributed by atoms with Gasteiger partial charge in [-0.2, -0.15) is 10.2 Å². The van der Waals surface area contributed by atoms with Gasteiger partial charge in [-0.05, 0) is 82.5 Å². The Bertz CT molecular complexity index is 2310. The standard InChI is InChI=1S/C41H46N10O5/c1-47(30-21-48(22-30)29-9-10-31-25(15-29)19-49(41(31)55)35-11-12-37(52)45-40(35)54)27-5-7-28(8-6-27)51-20-26-16-34(36(17-33(26)46-51)56-23-24-3-4-24)44-39(53)32-18-43-50-14-2-13-42-38(32)50/h2,9-10,13-14,16-18,20,24-25,27-28,30,35H,3-8,11-12,15,19,21-23H2,1H3,(H,44,53)(H,45,52,54). The predicted octanol–water partition coefficient (Wildman–Crippen LogP) is 3.70. The molecule has 0 spiro atoms. The first-order valence-corrected chi connectivity index (χ1v) is 20.0. The minimum Gasteiger partial charge on any atom is -0.491 e. The van der Waals surface area contributed by atoms with Crippen LogP contribution >= 0.6 is 0 Å². The van der Waals surface area contributed by atoms with Crippen molar-refractivity contribution in [2.45, 2.75) is 82.0 Å². The van der Waals surface area contributed by atoms with Crippen LogP contribution in [0.3, 0.4) is 0 Å². The maximum Gasteiger partial charge on any atom is 0.261 e. The number of nitrogens with one attached hydrogen (secondary N) is 2. The van der Waals surface area contributed by atoms with Gasteiger partial charge in [-0.15, -0.1) is 0 Å². The number of carbonyl (C=O) groups is 4. The summed E-state index contributed by atoms with van der Waals surface area (Å²) in [6.07, 6.45) is 19.1. The van der Waals surface area contributed by atoms with Crippen molar-refractivity contribution >= 4 is 45.9 Å². The summed E-state index contributed by atoms with van der Waals surface area (Å²) in [6.45, 7) is 3.07. The lowest BCUT2D eigenvalue weighted by molar-refractivity contribution is -0.142. The van der Waals surface area contributed by atoms with Crippen LogP contribution in [0.25, 0.3) is 16.6 Å². The first-order chi connectivity index (χ1) is 27.3. The fourth-order valence-corrected chi connectivity index (χ4v) is 9.25. The van der Waals surface area contributed by atoms with Crippen LogP contribution in [0.2, 0.25) is 0 Å². The molecule has 2 unspecified atom stereocenters. The summed E-state index contributed by atoms with van der Waals surface area (Å²) in [5.41, 5.74) is 4.40. The van der Waals surface area contributed by atoms with Gasteiger partial charge in [0, 0.05) is 85.4 Å². The number of piperidine rings is 1. The Hall–Kier alpha value is -5.57. The molecule has 5 fully saturated rings. The van der Waals surface area contributed by atoms with Crippen LogP contribution in [0.1, 0.15) is 74.2 Å². The van der Waals surface area contributed by atoms with Gasteiger partial charge in [0.1, 0.15) is 17.4 Å². The normalized spacial score (nSPS) is 25.6. The molecule has 3 aliphatic carbocycles. The Kier molecular flexibility index (Phi) is 8.64. The van der Waals surface area contributed by atoms with Crippen molar-refractivity contribution in [1.29, 1.82) is 0 Å². The summed E-state index contributed by atoms with van der Waals surface area (Å²) in [4.78, 5) is 61.8. The van der Waals surface area contributed by atoms with E-state index in [1.165, 1.54) is 11.9 Å². The Balaban J connectivity index is 0.749. The molecule has 10 rings (SSSR count). The predicted molar refractivity (Wildman–Crippen MR) is 205 cm³/mol. The van der Waals surface area contributed by atoms with E-state index in [4.69, 9.17) is 9.84 Å². The van der Waals surface area contributed by atoms with E-state index in [2.05, 4.69) is 54.5 Å². The number of hydrogen-bond donors (Lipinski definition) is 2. The molecule has 2 atom stereocenters. The van der Waals surface area contributed by atoms with Crippen molar-refractivity contribution in [3.63, 3.8) is 0 Å². The van der Waals surface area contributed by atoms with Crippen molar-refractivity contribution in [3.05, 3.63) is 72.0 Å². The molecule has 0 radical (unpaired) electrons. The third kappa shape index (κ3) is 6.40. The highest BCUT2D eigenvalue weighted by Gasteiger charge is 2.45. The summed E-state index contributed by atoms with van der Waals surface area (Å²) in [5.74, 6) is 0.267. The average molecular weight is 759 g/mol. The second-order valence-corrected chi connectivity index (χ2v) is 16.5. The molecule has 3 aromatic heterocycles. The quantitative estimate of drug-likeness (QED) is 0.229. The number of allylic oxidation sites excluding steroid dienone is 3. The van der Waals surface area contributed by atoms with Crippen molar-refractivity contribution < 1.29 is 23.9 Å². The molecule has 4 amide bonds. The van der Waals surface area contributed by atoms with Crippen LogP contribution in [0, 0.1) is 11.8 Å². The third-order valence-electron chi connectivity index (χ3n) is 12.9. The molecule has 3 saturated heterocycles. The molecule has 15 heteroatoms. The Morgan fingerprint density at radius 2 is 1.86 bits per heavy atom. The number of hydrogen-bond acceptors (Lipinski definition) is 10. The van der Waals surface area contributed by atoms with E-state index >= 15 is 0 Å². The van der Waals surface area contributed by atoms with Gasteiger partial charge in [-0.25, -0.2) is 9.50 Å². The highest BCUT2D eigenvalue weighted by atomic mass is 16.5. The number of likely N-dealkylation sites (tertiary alicyclic amines) is 2. The molecule has 1 aromatic carbocycles. The molecule has 6 heterocycles. The molecular formula is C41H46N10O5. The van der Waals surface area contributed by atoms with Gasteiger partial charge in [-0.1, -0.05) is 6.08 Å². The number of fused-ring (bicyclic) bond motifs is 3. The minimum absolute atomic E-state index is 0.0747. The van der Waals surface area contributed by atoms with Gasteiger partial charge in [0.25, 0.3) is 11.8 Å². The maximum atomic E-state index is 13.4. The monoisotopic (exact) mass is 758 g/mol. The number of anilines is 1. The van der Waals surface area contributed by atoms with Crippen molar-refractivity contribution in [2.24, 2.45) is 11.8 Å². The van der Waals surface area contributed by atoms with Crippen LogP contribution in [0.4, 0.5) is 5.69 Å². The minimum atomic E-state index is -0.565. The highest BCUT2D eigenvalue weighted by molar-refractivity contribution is 6.09. The smallest absolute Gasteiger partial charge is 0.261 e. The number of carbonyl (C=O) groups excluding carboxylic acids is 4. The zero-order valence-corrected chi connectivity index (χ0v) is 31.5. The van der Waals surface area contributed by atoms with Gasteiger partial charge >= 0.3 is 0 Å². The topological polar surface area (TPSA) is 159 Å². The summed E-state index contributed by atoms with van der Waals surface area (Å²) < 4.78 is 9.96. The van der Waals surface area contributed by atoms with Crippen LogP contribution in [-0.4, -0.2) is 114 Å². The number of aromatic nitrogens is 5. The SMILES string of the molecule is CN(C1CCC(n2cc3cc(NC(=O)c4cnn5cccnc45)c(OCC4CC4)cc3n2)CC1)C1CN(C2=CC=C3C(=O)N(C4CCC(=O)NC4=O)CC3C2)C1. The van der Waals surface area contributed by atoms with Crippen molar-refractivity contribution in [2.75, 3.05) is 38.6 Å². The third-order valence-corrected chi connectivity index (χ3v) is 12.9. The molecule has 3 aliphatic heterocycles. The number of likely N-dealkylation sites (N-methyl/N-ethyl adjacent to an activating group) is 1. The number of imide groups is 1. The largest absolute Gasteiger partial charge is 0.491 e. The second kappa shape index (κ2) is 13.9. The molecule has 2 saturated carbocycles. The zero-order chi connectivity index (χ0) is 38.1. The van der Waals surface area contributed by atoms with Crippen molar-refractivity contribution in [1.82, 2.24) is 44.4 Å². The molecule has 15 nitrogen and oxygen atoms in total. The lowest BCUT2D eigenvalue weighted by Crippen LogP contribution is -2.60. The number of nitrogens with zero attached hydrogens (tertiary/aromatic N) is 8. The summed E-state index contributed by atoms with van der Waals surface area (Å²) >= 11 is 0. The van der Waals surface area contributed by atoms with Gasteiger partial charge < -0.3 is 19.9 Å². The van der Waals surface area contributed by atoms with E-state index in [0.29, 0.717) is 66.3 Å². The number of rotatable bonds is 10. The molecule has 4 aromatic rings. The zero-order valence-electron chi connectivity index (χ0n) is 31.5. The van der Waals surface area contributed by atoms with Gasteiger partial charge in [-0.3, -0.25) is 34.1 Å². The Labute approximate surface area is 323 Å². The summed E-state index contributed by atoms with van der Waals surface area (Å²) in [5, 5.41) is 15.7. The second-order valence-electron chi connectivity index (χ2n) is 16.5. The van der Waals surface area contributed by atoms with E-state index in [1.54, 1.807) is 27.9 Å². The Morgan fingerprint density at radius 1 is 1.02 bits per heavy atom. The van der Waals surface area contributed by atoms with E-state index in [1.807, 2.05) is 18.2 Å². The molecule has 290 valence electrons. The first-order valence-electron chi connectivity index (χ1n) is 20.0. The maximum absolute atomic E-state index is 13.4. The van der Waals surface area contributed by atoms with E-state index < -0.39 is 6.04 Å². The molecular weight excluding hydrogens is 713 g/mol. The van der Waals surface area contributed by atoms with Crippen LogP contribution in [0.15, 0.2) is 66.4 Å². The lowest BCUT2D eigenvalue weighted by Gasteiger charge is -2.50. The van der Waals surface area contributed by atoms with Gasteiger partial charge in [0.05, 0.1) is 30.0 Å². The van der Waals surface area contributed by atoms with Crippen LogP contribution in [0.5, 0.6) is 5.75 Å². The molecule has 0 bridgehead atoms. The van der Waals surface area contributed by atoms with Gasteiger partial charge in [0.15, 0.2) is 5.65 Å². The molecule has 56 heavy (non-hydrogen) atoms. The lowest BCUT2D eigenvalue weighted by atomic mass is 9.88. The fraction of sp³-hybridized carbons (Fsp3) is 0.488. The van der Waals surface area contributed by atoms with E-state index in [9.17, 15) is 19.2 Å². The Morgan fingerprint density at radius 3 is 2.66 bits per heavy atom. The van der Waals surface area contributed by atoms with Crippen LogP contribution < -0.4 is 15.4 Å². The van der Waals surface area contributed by atoms with E-state index in [0.717, 1.165) is 74.5 Å². The number of ether oxygens (including phenoxy) is 1. The van der Waals surface area contributed by atoms with Crippen LogP contribution in [-0.2, 0) is 14.4 Å². The number of benzene rings is 1. The highest BCUT2D eigenvalue weighted by Crippen LogP contribution is 2.40. The van der Waals surface area contributed by atoms with Gasteiger partial charge in [0.2, 0.25) is 11.8 Å². The van der Waals surface area contributed by atoms with E-state index in [-0.39, 0.29) is 36.0 Å². The first kappa shape index (κ1) is 34.9. The van der Waals surface area contributed by atoms with Crippen molar-refractivity contribution in [3.8, 4) is 5.75 Å². The molecule has 2 N–H and O–H groups in total. The average Bonchev–Trinajstić information content (AvgIpc) is 3.61. The number of amides is 4. The molecule has 6 aliphatic rings. The fourth-order valence-electron chi connectivity index (χ4n) is 9.25. The summed E-state index contributed by atoms with van der Waals surface area (Å²) in [6, 6.07) is 6.41. The summed E-state index contributed by atoms with van der Waals surface area (Å²) in [7, 11) is 2.26.